The number of carbonyl (C=O) groups excluding carboxylic acids is 1. The molecule has 1 aromatic carbocycles. The van der Waals surface area contributed by atoms with Crippen LogP contribution in [0, 0.1) is 5.92 Å². The number of aliphatic hydroxyl groups excluding tert-OH is 1. The van der Waals surface area contributed by atoms with Gasteiger partial charge in [-0.05, 0) is 42.9 Å². The average molecular weight is 402 g/mol. The third-order valence-corrected chi connectivity index (χ3v) is 5.78. The van der Waals surface area contributed by atoms with Gasteiger partial charge >= 0.3 is 0 Å². The molecule has 0 spiro atoms. The Kier molecular flexibility index (Phi) is 7.65. The second-order valence-corrected chi connectivity index (χ2v) is 7.69. The van der Waals surface area contributed by atoms with Gasteiger partial charge < -0.3 is 19.9 Å². The quantitative estimate of drug-likeness (QED) is 0.670. The van der Waals surface area contributed by atoms with Crippen LogP contribution in [0.2, 0.25) is 0 Å². The van der Waals surface area contributed by atoms with Crippen molar-refractivity contribution in [2.45, 2.75) is 38.5 Å². The van der Waals surface area contributed by atoms with E-state index in [1.165, 1.54) is 4.88 Å². The molecule has 150 valence electrons. The van der Waals surface area contributed by atoms with Crippen molar-refractivity contribution >= 4 is 17.2 Å². The summed E-state index contributed by atoms with van der Waals surface area (Å²) in [4.78, 5) is 13.9. The standard InChI is InChI=1S/C22H27NO4S/c1-2-26-22-17(10-6-12-24)18(20-11-7-13-28-20)14-19(27-22)21(25)23-15-16-8-4-3-5-9-16/h3-5,7-9,11,13-14,17-18,22,24H,2,6,10,12,15H2,1H3,(H,23,25)/t17-,18-,22+/m1/s1. The Morgan fingerprint density at radius 3 is 2.75 bits per heavy atom. The highest BCUT2D eigenvalue weighted by Gasteiger charge is 2.38. The van der Waals surface area contributed by atoms with Crippen LogP contribution in [0.3, 0.4) is 0 Å². The lowest BCUT2D eigenvalue weighted by Gasteiger charge is -2.36. The van der Waals surface area contributed by atoms with E-state index in [1.54, 1.807) is 11.3 Å². The molecule has 2 aromatic rings. The molecular formula is C22H27NO4S. The van der Waals surface area contributed by atoms with E-state index in [0.29, 0.717) is 25.3 Å². The van der Waals surface area contributed by atoms with E-state index >= 15 is 0 Å². The fraction of sp³-hybridized carbons (Fsp3) is 0.409. The van der Waals surface area contributed by atoms with Crippen LogP contribution < -0.4 is 5.32 Å². The summed E-state index contributed by atoms with van der Waals surface area (Å²) in [7, 11) is 0. The van der Waals surface area contributed by atoms with Crippen molar-refractivity contribution < 1.29 is 19.4 Å². The molecule has 1 amide bonds. The smallest absolute Gasteiger partial charge is 0.286 e. The van der Waals surface area contributed by atoms with Crippen LogP contribution in [0.15, 0.2) is 59.7 Å². The van der Waals surface area contributed by atoms with E-state index < -0.39 is 6.29 Å². The highest BCUT2D eigenvalue weighted by molar-refractivity contribution is 7.10. The van der Waals surface area contributed by atoms with Gasteiger partial charge in [0.2, 0.25) is 6.29 Å². The number of rotatable bonds is 9. The van der Waals surface area contributed by atoms with Crippen LogP contribution in [0.5, 0.6) is 0 Å². The number of hydrogen-bond acceptors (Lipinski definition) is 5. The zero-order valence-corrected chi connectivity index (χ0v) is 16.9. The number of ether oxygens (including phenoxy) is 2. The monoisotopic (exact) mass is 401 g/mol. The van der Waals surface area contributed by atoms with Crippen LogP contribution in [0.4, 0.5) is 0 Å². The number of nitrogens with one attached hydrogen (secondary N) is 1. The summed E-state index contributed by atoms with van der Waals surface area (Å²) in [6.07, 6.45) is 2.83. The van der Waals surface area contributed by atoms with Crippen molar-refractivity contribution in [2.75, 3.05) is 13.2 Å². The SMILES string of the molecule is CCO[C@H]1OC(C(=O)NCc2ccccc2)=C[C@@H](c2cccs2)[C@H]1CCCO. The van der Waals surface area contributed by atoms with Gasteiger partial charge in [-0.3, -0.25) is 4.79 Å². The van der Waals surface area contributed by atoms with Gasteiger partial charge in [-0.25, -0.2) is 0 Å². The number of amides is 1. The van der Waals surface area contributed by atoms with Gasteiger partial charge in [0.1, 0.15) is 0 Å². The Balaban J connectivity index is 1.79. The zero-order valence-electron chi connectivity index (χ0n) is 16.0. The minimum atomic E-state index is -0.508. The molecule has 2 N–H and O–H groups in total. The molecule has 1 aromatic heterocycles. The van der Waals surface area contributed by atoms with Crippen LogP contribution in [0.25, 0.3) is 0 Å². The van der Waals surface area contributed by atoms with Gasteiger partial charge in [-0.1, -0.05) is 36.4 Å². The molecule has 0 saturated carbocycles. The second kappa shape index (κ2) is 10.4. The normalized spacial score (nSPS) is 21.6. The minimum absolute atomic E-state index is 0.0225. The van der Waals surface area contributed by atoms with E-state index in [9.17, 15) is 9.90 Å². The van der Waals surface area contributed by atoms with E-state index in [4.69, 9.17) is 9.47 Å². The summed E-state index contributed by atoms with van der Waals surface area (Å²) >= 11 is 1.66. The Morgan fingerprint density at radius 1 is 1.25 bits per heavy atom. The van der Waals surface area contributed by atoms with Crippen molar-refractivity contribution in [1.29, 1.82) is 0 Å². The van der Waals surface area contributed by atoms with Crippen molar-refractivity contribution in [3.63, 3.8) is 0 Å². The highest BCUT2D eigenvalue weighted by Crippen LogP contribution is 2.40. The van der Waals surface area contributed by atoms with Crippen LogP contribution >= 0.6 is 11.3 Å². The van der Waals surface area contributed by atoms with Crippen molar-refractivity contribution in [3.8, 4) is 0 Å². The first-order chi connectivity index (χ1) is 13.7. The number of hydrogen-bond donors (Lipinski definition) is 2. The van der Waals surface area contributed by atoms with Crippen molar-refractivity contribution in [1.82, 2.24) is 5.32 Å². The fourth-order valence-electron chi connectivity index (χ4n) is 3.44. The molecular weight excluding hydrogens is 374 g/mol. The van der Waals surface area contributed by atoms with Gasteiger partial charge in [0.25, 0.3) is 5.91 Å². The summed E-state index contributed by atoms with van der Waals surface area (Å²) in [6.45, 7) is 2.98. The predicted octanol–water partition coefficient (Wildman–Crippen LogP) is 3.81. The maximum atomic E-state index is 12.8. The topological polar surface area (TPSA) is 67.8 Å². The number of benzene rings is 1. The molecule has 1 aliphatic rings. The predicted molar refractivity (Wildman–Crippen MR) is 110 cm³/mol. The number of aliphatic hydroxyl groups is 1. The summed E-state index contributed by atoms with van der Waals surface area (Å²) in [5, 5.41) is 14.3. The summed E-state index contributed by atoms with van der Waals surface area (Å²) in [6, 6.07) is 13.9. The van der Waals surface area contributed by atoms with Gasteiger partial charge in [0.15, 0.2) is 5.76 Å². The van der Waals surface area contributed by atoms with Gasteiger partial charge in [0, 0.05) is 36.5 Å². The average Bonchev–Trinajstić information content (AvgIpc) is 3.26. The van der Waals surface area contributed by atoms with E-state index in [1.807, 2.05) is 54.8 Å². The summed E-state index contributed by atoms with van der Waals surface area (Å²) < 4.78 is 11.8. The first-order valence-electron chi connectivity index (χ1n) is 9.69. The first kappa shape index (κ1) is 20.6. The lowest BCUT2D eigenvalue weighted by molar-refractivity contribution is -0.166. The zero-order chi connectivity index (χ0) is 19.8. The molecule has 0 fully saturated rings. The van der Waals surface area contributed by atoms with Crippen LogP contribution in [0.1, 0.15) is 36.1 Å². The molecule has 0 bridgehead atoms. The first-order valence-corrected chi connectivity index (χ1v) is 10.6. The second-order valence-electron chi connectivity index (χ2n) is 6.71. The van der Waals surface area contributed by atoms with E-state index in [0.717, 1.165) is 12.0 Å². The third-order valence-electron chi connectivity index (χ3n) is 4.80. The lowest BCUT2D eigenvalue weighted by atomic mass is 9.84. The third kappa shape index (κ3) is 5.22. The fourth-order valence-corrected chi connectivity index (χ4v) is 4.31. The van der Waals surface area contributed by atoms with Crippen molar-refractivity contribution in [3.05, 3.63) is 70.1 Å². The van der Waals surface area contributed by atoms with Crippen LogP contribution in [-0.4, -0.2) is 30.5 Å². The van der Waals surface area contributed by atoms with E-state index in [-0.39, 0.29) is 24.3 Å². The minimum Gasteiger partial charge on any atom is -0.459 e. The molecule has 6 heteroatoms. The van der Waals surface area contributed by atoms with Gasteiger partial charge in [0.05, 0.1) is 0 Å². The number of allylic oxidation sites excluding steroid dienone is 1. The molecule has 1 aliphatic heterocycles. The number of thiophene rings is 1. The molecule has 0 radical (unpaired) electrons. The maximum absolute atomic E-state index is 12.8. The molecule has 28 heavy (non-hydrogen) atoms. The van der Waals surface area contributed by atoms with Crippen LogP contribution in [-0.2, 0) is 20.8 Å². The van der Waals surface area contributed by atoms with Gasteiger partial charge in [-0.15, -0.1) is 11.3 Å². The highest BCUT2D eigenvalue weighted by atomic mass is 32.1. The maximum Gasteiger partial charge on any atom is 0.286 e. The molecule has 5 nitrogen and oxygen atoms in total. The summed E-state index contributed by atoms with van der Waals surface area (Å²) in [5.41, 5.74) is 1.03. The molecule has 0 aliphatic carbocycles. The molecule has 3 rings (SSSR count). The molecule has 0 unspecified atom stereocenters. The Labute approximate surface area is 170 Å². The Morgan fingerprint density at radius 2 is 2.07 bits per heavy atom. The molecule has 2 heterocycles. The largest absolute Gasteiger partial charge is 0.459 e. The van der Waals surface area contributed by atoms with E-state index in [2.05, 4.69) is 11.4 Å². The Bertz CT molecular complexity index is 760. The summed E-state index contributed by atoms with van der Waals surface area (Å²) in [5.74, 6) is 0.134. The van der Waals surface area contributed by atoms with Crippen molar-refractivity contribution in [2.24, 2.45) is 5.92 Å². The molecule has 3 atom stereocenters. The Hall–Kier alpha value is -2.15. The molecule has 0 saturated heterocycles. The van der Waals surface area contributed by atoms with Gasteiger partial charge in [-0.2, -0.15) is 0 Å². The number of carbonyl (C=O) groups is 1. The lowest BCUT2D eigenvalue weighted by Crippen LogP contribution is -2.38.